The second-order valence-corrected chi connectivity index (χ2v) is 8.07. The van der Waals surface area contributed by atoms with E-state index in [0.29, 0.717) is 48.0 Å². The molecule has 1 aromatic carbocycles. The van der Waals surface area contributed by atoms with Crippen LogP contribution in [0.25, 0.3) is 5.57 Å². The molecular formula is C22H30N2O5. The van der Waals surface area contributed by atoms with E-state index in [1.165, 1.54) is 4.90 Å². The van der Waals surface area contributed by atoms with Crippen LogP contribution in [-0.2, 0) is 14.3 Å². The van der Waals surface area contributed by atoms with E-state index in [4.69, 9.17) is 14.2 Å². The van der Waals surface area contributed by atoms with Gasteiger partial charge in [-0.05, 0) is 37.5 Å². The third kappa shape index (κ3) is 4.10. The van der Waals surface area contributed by atoms with Gasteiger partial charge in [-0.25, -0.2) is 0 Å². The molecule has 0 spiro atoms. The number of ether oxygens (including phenoxy) is 3. The molecule has 2 amide bonds. The third-order valence-corrected chi connectivity index (χ3v) is 5.10. The van der Waals surface area contributed by atoms with Crippen molar-refractivity contribution in [2.24, 2.45) is 5.92 Å². The maximum Gasteiger partial charge on any atom is 0.277 e. The van der Waals surface area contributed by atoms with Crippen molar-refractivity contribution >= 4 is 17.4 Å². The van der Waals surface area contributed by atoms with E-state index in [2.05, 4.69) is 0 Å². The molecule has 2 aliphatic rings. The summed E-state index contributed by atoms with van der Waals surface area (Å²) in [7, 11) is 3.11. The van der Waals surface area contributed by atoms with Crippen molar-refractivity contribution in [3.63, 3.8) is 0 Å². The summed E-state index contributed by atoms with van der Waals surface area (Å²) in [5.74, 6) is 0.759. The molecule has 7 heteroatoms. The van der Waals surface area contributed by atoms with Crippen molar-refractivity contribution in [2.45, 2.75) is 39.9 Å². The highest BCUT2D eigenvalue weighted by Crippen LogP contribution is 2.37. The quantitative estimate of drug-likeness (QED) is 0.682. The molecule has 0 aromatic heterocycles. The lowest BCUT2D eigenvalue weighted by Crippen LogP contribution is -2.47. The molecule has 7 nitrogen and oxygen atoms in total. The number of hydrogen-bond donors (Lipinski definition) is 0. The topological polar surface area (TPSA) is 68.3 Å². The summed E-state index contributed by atoms with van der Waals surface area (Å²) in [5, 5.41) is 0. The maximum atomic E-state index is 13.3. The molecule has 29 heavy (non-hydrogen) atoms. The lowest BCUT2D eigenvalue weighted by molar-refractivity contribution is -0.138. The summed E-state index contributed by atoms with van der Waals surface area (Å²) in [5.41, 5.74) is 1.51. The third-order valence-electron chi connectivity index (χ3n) is 5.10. The highest BCUT2D eigenvalue weighted by Gasteiger charge is 2.43. The van der Waals surface area contributed by atoms with Crippen molar-refractivity contribution in [2.75, 3.05) is 33.9 Å². The molecule has 0 N–H and O–H groups in total. The van der Waals surface area contributed by atoms with Crippen molar-refractivity contribution in [1.29, 1.82) is 0 Å². The first-order chi connectivity index (χ1) is 13.8. The molecule has 1 saturated heterocycles. The molecule has 2 atom stereocenters. The van der Waals surface area contributed by atoms with Gasteiger partial charge in [0.25, 0.3) is 11.8 Å². The second-order valence-electron chi connectivity index (χ2n) is 8.07. The Balaban J connectivity index is 2.12. The number of methoxy groups -OCH3 is 2. The van der Waals surface area contributed by atoms with Crippen LogP contribution in [0.2, 0.25) is 0 Å². The molecule has 2 unspecified atom stereocenters. The minimum absolute atomic E-state index is 0.0278. The Morgan fingerprint density at radius 1 is 1.03 bits per heavy atom. The van der Waals surface area contributed by atoms with Gasteiger partial charge in [0.1, 0.15) is 5.70 Å². The van der Waals surface area contributed by atoms with Gasteiger partial charge in [0.15, 0.2) is 11.5 Å². The smallest absolute Gasteiger partial charge is 0.277 e. The molecule has 3 rings (SSSR count). The summed E-state index contributed by atoms with van der Waals surface area (Å²) >= 11 is 0. The van der Waals surface area contributed by atoms with E-state index < -0.39 is 0 Å². The van der Waals surface area contributed by atoms with Gasteiger partial charge in [-0.2, -0.15) is 0 Å². The molecular weight excluding hydrogens is 372 g/mol. The summed E-state index contributed by atoms with van der Waals surface area (Å²) < 4.78 is 16.6. The Hall–Kier alpha value is -2.54. The first kappa shape index (κ1) is 21.2. The largest absolute Gasteiger partial charge is 0.493 e. The minimum Gasteiger partial charge on any atom is -0.493 e. The van der Waals surface area contributed by atoms with Crippen LogP contribution < -0.4 is 9.47 Å². The average Bonchev–Trinajstić information content (AvgIpc) is 2.91. The van der Waals surface area contributed by atoms with Gasteiger partial charge in [0, 0.05) is 19.6 Å². The monoisotopic (exact) mass is 402 g/mol. The predicted molar refractivity (Wildman–Crippen MR) is 110 cm³/mol. The SMILES string of the molecule is COc1ccc(C2=C(N3CC(C)OC(C)C3)C(=O)N(CC(C)C)C2=O)cc1OC. The van der Waals surface area contributed by atoms with Crippen molar-refractivity contribution in [1.82, 2.24) is 9.80 Å². The Morgan fingerprint density at radius 3 is 2.21 bits per heavy atom. The summed E-state index contributed by atoms with van der Waals surface area (Å²) in [6, 6.07) is 5.31. The van der Waals surface area contributed by atoms with Gasteiger partial charge < -0.3 is 19.1 Å². The van der Waals surface area contributed by atoms with E-state index in [1.807, 2.05) is 32.6 Å². The summed E-state index contributed by atoms with van der Waals surface area (Å²) in [6.07, 6.45) is -0.0556. The molecule has 1 aromatic rings. The number of carbonyl (C=O) groups is 2. The number of nitrogens with zero attached hydrogens (tertiary/aromatic N) is 2. The second kappa shape index (κ2) is 8.45. The number of imide groups is 1. The number of carbonyl (C=O) groups excluding carboxylic acids is 2. The fraction of sp³-hybridized carbons (Fsp3) is 0.545. The highest BCUT2D eigenvalue weighted by atomic mass is 16.5. The first-order valence-corrected chi connectivity index (χ1v) is 10.00. The van der Waals surface area contributed by atoms with Crippen LogP contribution in [0.4, 0.5) is 0 Å². The fourth-order valence-corrected chi connectivity index (χ4v) is 4.00. The van der Waals surface area contributed by atoms with Crippen LogP contribution in [-0.4, -0.2) is 67.7 Å². The van der Waals surface area contributed by atoms with Crippen LogP contribution in [0.5, 0.6) is 11.5 Å². The first-order valence-electron chi connectivity index (χ1n) is 10.00. The van der Waals surface area contributed by atoms with Crippen LogP contribution in [0.3, 0.4) is 0 Å². The zero-order valence-electron chi connectivity index (χ0n) is 18.0. The summed E-state index contributed by atoms with van der Waals surface area (Å²) in [4.78, 5) is 30.0. The van der Waals surface area contributed by atoms with E-state index in [9.17, 15) is 9.59 Å². The molecule has 1 fully saturated rings. The van der Waals surface area contributed by atoms with Crippen LogP contribution in [0.15, 0.2) is 23.9 Å². The lowest BCUT2D eigenvalue weighted by Gasteiger charge is -2.37. The zero-order valence-corrected chi connectivity index (χ0v) is 18.0. The number of morpholine rings is 1. The van der Waals surface area contributed by atoms with E-state index in [0.717, 1.165) is 0 Å². The average molecular weight is 402 g/mol. The molecule has 158 valence electrons. The maximum absolute atomic E-state index is 13.3. The van der Waals surface area contributed by atoms with Crippen molar-refractivity contribution < 1.29 is 23.8 Å². The fourth-order valence-electron chi connectivity index (χ4n) is 4.00. The number of amides is 2. The molecule has 0 radical (unpaired) electrons. The van der Waals surface area contributed by atoms with Crippen LogP contribution in [0, 0.1) is 5.92 Å². The zero-order chi connectivity index (χ0) is 21.3. The Morgan fingerprint density at radius 2 is 1.66 bits per heavy atom. The Kier molecular flexibility index (Phi) is 6.17. The van der Waals surface area contributed by atoms with E-state index >= 15 is 0 Å². The molecule has 0 saturated carbocycles. The van der Waals surface area contributed by atoms with Crippen molar-refractivity contribution in [3.05, 3.63) is 29.5 Å². The Labute approximate surface area is 172 Å². The molecule has 2 aliphatic heterocycles. The highest BCUT2D eigenvalue weighted by molar-refractivity contribution is 6.35. The van der Waals surface area contributed by atoms with Crippen LogP contribution in [0.1, 0.15) is 33.3 Å². The van der Waals surface area contributed by atoms with Gasteiger partial charge >= 0.3 is 0 Å². The number of rotatable bonds is 6. The van der Waals surface area contributed by atoms with Gasteiger partial charge in [-0.3, -0.25) is 14.5 Å². The summed E-state index contributed by atoms with van der Waals surface area (Å²) in [6.45, 7) is 9.45. The standard InChI is InChI=1S/C22H30N2O5/c1-13(2)10-24-21(25)19(16-7-8-17(27-5)18(9-16)28-6)20(22(24)26)23-11-14(3)29-15(4)12-23/h7-9,13-15H,10-12H2,1-6H3. The number of hydrogen-bond acceptors (Lipinski definition) is 6. The lowest BCUT2D eigenvalue weighted by atomic mass is 10.0. The molecule has 2 heterocycles. The minimum atomic E-state index is -0.266. The van der Waals surface area contributed by atoms with Crippen molar-refractivity contribution in [3.8, 4) is 11.5 Å². The normalized spacial score (nSPS) is 22.7. The van der Waals surface area contributed by atoms with Gasteiger partial charge in [-0.1, -0.05) is 19.9 Å². The molecule has 0 aliphatic carbocycles. The van der Waals surface area contributed by atoms with E-state index in [-0.39, 0.29) is 29.9 Å². The van der Waals surface area contributed by atoms with Gasteiger partial charge in [-0.15, -0.1) is 0 Å². The van der Waals surface area contributed by atoms with Crippen LogP contribution >= 0.6 is 0 Å². The molecule has 0 bridgehead atoms. The predicted octanol–water partition coefficient (Wildman–Crippen LogP) is 2.55. The van der Waals surface area contributed by atoms with E-state index in [1.54, 1.807) is 32.4 Å². The van der Waals surface area contributed by atoms with Gasteiger partial charge in [0.2, 0.25) is 0 Å². The van der Waals surface area contributed by atoms with Gasteiger partial charge in [0.05, 0.1) is 32.0 Å². The number of benzene rings is 1. The Bertz CT molecular complexity index is 822.